The number of amides is 1. The first kappa shape index (κ1) is 25.0. The van der Waals surface area contributed by atoms with Crippen LogP contribution >= 0.6 is 0 Å². The van der Waals surface area contributed by atoms with Gasteiger partial charge in [-0.25, -0.2) is 13.2 Å². The number of esters is 1. The van der Waals surface area contributed by atoms with Gasteiger partial charge in [0.2, 0.25) is 0 Å². The smallest absolute Gasteiger partial charge is 0.337 e. The zero-order chi connectivity index (χ0) is 24.3. The van der Waals surface area contributed by atoms with E-state index in [0.717, 1.165) is 31.6 Å². The fourth-order valence-corrected chi connectivity index (χ4v) is 5.25. The number of rotatable bonds is 8. The van der Waals surface area contributed by atoms with Crippen LogP contribution in [-0.2, 0) is 24.2 Å². The number of piperidine rings is 1. The maximum absolute atomic E-state index is 13.1. The van der Waals surface area contributed by atoms with Gasteiger partial charge in [0.1, 0.15) is 5.70 Å². The molecule has 0 aliphatic carbocycles. The number of benzene rings is 1. The van der Waals surface area contributed by atoms with Crippen molar-refractivity contribution < 1.29 is 27.9 Å². The lowest BCUT2D eigenvalue weighted by Gasteiger charge is -2.32. The summed E-state index contributed by atoms with van der Waals surface area (Å²) in [5, 5.41) is 11.6. The van der Waals surface area contributed by atoms with Gasteiger partial charge in [-0.05, 0) is 50.8 Å². The highest BCUT2D eigenvalue weighted by atomic mass is 32.2. The normalized spacial score (nSPS) is 17.8. The van der Waals surface area contributed by atoms with Crippen LogP contribution < -0.4 is 10.2 Å². The molecule has 1 fully saturated rings. The molecular formula is C23H33N3O6S. The molecule has 0 spiro atoms. The Bertz CT molecular complexity index is 1040. The summed E-state index contributed by atoms with van der Waals surface area (Å²) < 4.78 is 31.0. The van der Waals surface area contributed by atoms with Gasteiger partial charge in [0.05, 0.1) is 41.7 Å². The molecule has 1 amide bonds. The molecule has 2 N–H and O–H groups in total. The second-order valence-electron chi connectivity index (χ2n) is 8.86. The number of hydrogen-bond acceptors (Lipinski definition) is 8. The van der Waals surface area contributed by atoms with E-state index in [1.807, 2.05) is 0 Å². The van der Waals surface area contributed by atoms with Gasteiger partial charge in [-0.1, -0.05) is 6.92 Å². The lowest BCUT2D eigenvalue weighted by atomic mass is 9.99. The zero-order valence-corrected chi connectivity index (χ0v) is 20.4. The highest BCUT2D eigenvalue weighted by Crippen LogP contribution is 2.34. The fraction of sp³-hybridized carbons (Fsp3) is 0.565. The largest absolute Gasteiger partial charge is 0.466 e. The molecule has 2 aliphatic heterocycles. The van der Waals surface area contributed by atoms with Crippen LogP contribution in [0.2, 0.25) is 0 Å². The van der Waals surface area contributed by atoms with E-state index in [1.165, 1.54) is 12.0 Å². The predicted octanol–water partition coefficient (Wildman–Crippen LogP) is 1.78. The Labute approximate surface area is 195 Å². The molecule has 0 radical (unpaired) electrons. The molecule has 0 unspecified atom stereocenters. The summed E-state index contributed by atoms with van der Waals surface area (Å²) in [7, 11) is -2.45. The number of ether oxygens (including phenoxy) is 1. The Morgan fingerprint density at radius 1 is 1.27 bits per heavy atom. The minimum atomic E-state index is -3.67. The van der Waals surface area contributed by atoms with Gasteiger partial charge in [0.15, 0.2) is 9.84 Å². The van der Waals surface area contributed by atoms with E-state index in [2.05, 4.69) is 17.1 Å². The highest BCUT2D eigenvalue weighted by Gasteiger charge is 2.35. The monoisotopic (exact) mass is 479 g/mol. The molecule has 182 valence electrons. The van der Waals surface area contributed by atoms with Crippen molar-refractivity contribution >= 4 is 33.1 Å². The van der Waals surface area contributed by atoms with Crippen molar-refractivity contribution in [2.75, 3.05) is 50.1 Å². The zero-order valence-electron chi connectivity index (χ0n) is 19.6. The van der Waals surface area contributed by atoms with Crippen LogP contribution in [0.15, 0.2) is 34.4 Å². The number of nitrogens with one attached hydrogen (secondary N) is 1. The number of carbonyl (C=O) groups excluding carboxylic acids is 2. The number of β-amino-alcohol motifs (C(OH)–C–C–N with tert-alkyl or cyclic N) is 1. The minimum absolute atomic E-state index is 0.0234. The van der Waals surface area contributed by atoms with Crippen LogP contribution in [0.3, 0.4) is 0 Å². The van der Waals surface area contributed by atoms with Crippen molar-refractivity contribution in [3.8, 4) is 0 Å². The van der Waals surface area contributed by atoms with Gasteiger partial charge in [0.25, 0.3) is 5.91 Å². The van der Waals surface area contributed by atoms with Crippen LogP contribution in [0.5, 0.6) is 0 Å². The van der Waals surface area contributed by atoms with Gasteiger partial charge < -0.3 is 25.0 Å². The van der Waals surface area contributed by atoms with Gasteiger partial charge in [0, 0.05) is 25.3 Å². The average Bonchev–Trinajstić information content (AvgIpc) is 3.09. The van der Waals surface area contributed by atoms with Crippen molar-refractivity contribution in [3.63, 3.8) is 0 Å². The van der Waals surface area contributed by atoms with E-state index in [0.29, 0.717) is 5.92 Å². The third-order valence-electron chi connectivity index (χ3n) is 6.25. The lowest BCUT2D eigenvalue weighted by Crippen LogP contribution is -2.33. The molecular weight excluding hydrogens is 446 g/mol. The Kier molecular flexibility index (Phi) is 7.69. The summed E-state index contributed by atoms with van der Waals surface area (Å²) in [6.07, 6.45) is 2.09. The Hall–Kier alpha value is -2.59. The topological polar surface area (TPSA) is 116 Å². The van der Waals surface area contributed by atoms with Crippen molar-refractivity contribution in [3.05, 3.63) is 29.5 Å². The molecule has 1 saturated heterocycles. The number of aliphatic hydroxyl groups is 1. The summed E-state index contributed by atoms with van der Waals surface area (Å²) in [4.78, 5) is 28.9. The number of nitrogens with zero attached hydrogens (tertiary/aromatic N) is 2. The van der Waals surface area contributed by atoms with E-state index < -0.39 is 27.0 Å². The Morgan fingerprint density at radius 2 is 1.94 bits per heavy atom. The predicted molar refractivity (Wildman–Crippen MR) is 126 cm³/mol. The third-order valence-corrected chi connectivity index (χ3v) is 8.46. The maximum atomic E-state index is 13.1. The van der Waals surface area contributed by atoms with E-state index in [-0.39, 0.29) is 41.5 Å². The number of hydrogen-bond donors (Lipinski definition) is 2. The summed E-state index contributed by atoms with van der Waals surface area (Å²) >= 11 is 0. The summed E-state index contributed by atoms with van der Waals surface area (Å²) in [6, 6.07) is 5.09. The standard InChI is InChI=1S/C23H33N3O6S/c1-15(2)33(30,31)20-6-5-17(25-9-7-16(3)8-10-25)13-19(20)24-21-18(23(29)32-4)14-26(11-12-27)22(21)28/h5-6,13,15-16,24,27H,7-12,14H2,1-4H3. The van der Waals surface area contributed by atoms with Crippen molar-refractivity contribution in [2.45, 2.75) is 43.8 Å². The minimum Gasteiger partial charge on any atom is -0.466 e. The van der Waals surface area contributed by atoms with Crippen LogP contribution in [0.25, 0.3) is 0 Å². The van der Waals surface area contributed by atoms with E-state index >= 15 is 0 Å². The molecule has 1 aromatic carbocycles. The first-order chi connectivity index (χ1) is 15.6. The van der Waals surface area contributed by atoms with Gasteiger partial charge in [-0.2, -0.15) is 0 Å². The summed E-state index contributed by atoms with van der Waals surface area (Å²) in [5.41, 5.74) is 1.17. The number of aliphatic hydroxyl groups excluding tert-OH is 1. The van der Waals surface area contributed by atoms with E-state index in [4.69, 9.17) is 4.74 Å². The van der Waals surface area contributed by atoms with Crippen molar-refractivity contribution in [1.29, 1.82) is 0 Å². The SMILES string of the molecule is COC(=O)C1=C(Nc2cc(N3CCC(C)CC3)ccc2S(=O)(=O)C(C)C)C(=O)N(CCO)C1. The Morgan fingerprint density at radius 3 is 2.52 bits per heavy atom. The second-order valence-corrected chi connectivity index (χ2v) is 11.3. The molecule has 33 heavy (non-hydrogen) atoms. The van der Waals surface area contributed by atoms with Crippen LogP contribution in [0, 0.1) is 5.92 Å². The number of sulfone groups is 1. The molecule has 0 aromatic heterocycles. The van der Waals surface area contributed by atoms with E-state index in [9.17, 15) is 23.1 Å². The third kappa shape index (κ3) is 5.16. The quantitative estimate of drug-likeness (QED) is 0.542. The molecule has 3 rings (SSSR count). The molecule has 0 bridgehead atoms. The Balaban J connectivity index is 2.07. The molecule has 9 nitrogen and oxygen atoms in total. The number of carbonyl (C=O) groups is 2. The molecule has 1 aromatic rings. The van der Waals surface area contributed by atoms with Gasteiger partial charge in [-0.15, -0.1) is 0 Å². The number of anilines is 2. The van der Waals surface area contributed by atoms with Crippen molar-refractivity contribution in [1.82, 2.24) is 4.90 Å². The second kappa shape index (κ2) is 10.1. The van der Waals surface area contributed by atoms with Crippen molar-refractivity contribution in [2.24, 2.45) is 5.92 Å². The molecule has 10 heteroatoms. The molecule has 2 aliphatic rings. The molecule has 0 atom stereocenters. The molecule has 2 heterocycles. The first-order valence-corrected chi connectivity index (χ1v) is 12.8. The number of methoxy groups -OCH3 is 1. The van der Waals surface area contributed by atoms with Gasteiger partial charge in [-0.3, -0.25) is 4.79 Å². The van der Waals surface area contributed by atoms with Crippen LogP contribution in [0.1, 0.15) is 33.6 Å². The fourth-order valence-electron chi connectivity index (χ4n) is 4.06. The molecule has 0 saturated carbocycles. The first-order valence-electron chi connectivity index (χ1n) is 11.2. The van der Waals surface area contributed by atoms with Crippen LogP contribution in [0.4, 0.5) is 11.4 Å². The summed E-state index contributed by atoms with van der Waals surface area (Å²) in [6.45, 7) is 6.89. The maximum Gasteiger partial charge on any atom is 0.337 e. The van der Waals surface area contributed by atoms with E-state index in [1.54, 1.807) is 32.0 Å². The van der Waals surface area contributed by atoms with Gasteiger partial charge >= 0.3 is 5.97 Å². The summed E-state index contributed by atoms with van der Waals surface area (Å²) in [5.74, 6) is -0.531. The highest BCUT2D eigenvalue weighted by molar-refractivity contribution is 7.92. The lowest BCUT2D eigenvalue weighted by molar-refractivity contribution is -0.136. The average molecular weight is 480 g/mol. The van der Waals surface area contributed by atoms with Crippen LogP contribution in [-0.4, -0.2) is 75.4 Å².